The predicted octanol–water partition coefficient (Wildman–Crippen LogP) is 3.72. The molecule has 20 heavy (non-hydrogen) atoms. The zero-order valence-corrected chi connectivity index (χ0v) is 12.5. The van der Waals surface area contributed by atoms with Crippen LogP contribution in [0.3, 0.4) is 0 Å². The number of pyridine rings is 1. The van der Waals surface area contributed by atoms with Gasteiger partial charge >= 0.3 is 0 Å². The number of ketones is 1. The Labute approximate surface area is 123 Å². The molecule has 0 unspecified atom stereocenters. The number of hydrogen-bond acceptors (Lipinski definition) is 3. The number of halogens is 1. The minimum Gasteiger partial charge on any atom is -0.292 e. The molecule has 0 saturated heterocycles. The molecule has 0 aliphatic carbocycles. The van der Waals surface area contributed by atoms with Crippen molar-refractivity contribution < 1.29 is 4.79 Å². The average Bonchev–Trinajstić information content (AvgIpc) is 2.89. The highest BCUT2D eigenvalue weighted by Crippen LogP contribution is 2.17. The van der Waals surface area contributed by atoms with Crippen LogP contribution < -0.4 is 0 Å². The summed E-state index contributed by atoms with van der Waals surface area (Å²) in [5.74, 6) is -0.106. The Morgan fingerprint density at radius 1 is 1.35 bits per heavy atom. The molecule has 106 valence electrons. The topological polar surface area (TPSA) is 47.8 Å². The van der Waals surface area contributed by atoms with Gasteiger partial charge in [0.25, 0.3) is 0 Å². The fraction of sp³-hybridized carbons (Fsp3) is 0.400. The van der Waals surface area contributed by atoms with E-state index in [0.717, 1.165) is 18.5 Å². The summed E-state index contributed by atoms with van der Waals surface area (Å²) in [4.78, 5) is 16.2. The van der Waals surface area contributed by atoms with Crippen LogP contribution in [0.2, 0.25) is 5.02 Å². The number of nitrogens with zero attached hydrogens (tertiary/aromatic N) is 3. The van der Waals surface area contributed by atoms with Crippen molar-refractivity contribution in [2.24, 2.45) is 0 Å². The fourth-order valence-electron chi connectivity index (χ4n) is 2.18. The lowest BCUT2D eigenvalue weighted by Gasteiger charge is -2.12. The lowest BCUT2D eigenvalue weighted by atomic mass is 10.1. The zero-order valence-electron chi connectivity index (χ0n) is 11.7. The molecule has 0 fully saturated rings. The Bertz CT molecular complexity index is 590. The number of aromatic nitrogens is 3. The van der Waals surface area contributed by atoms with E-state index in [4.69, 9.17) is 11.6 Å². The van der Waals surface area contributed by atoms with Crippen LogP contribution in [0.5, 0.6) is 0 Å². The molecule has 0 aliphatic rings. The number of Topliss-reactive ketones (excluding diaryl/α,β-unsaturated/α-hetero) is 1. The predicted molar refractivity (Wildman–Crippen MR) is 79.1 cm³/mol. The minimum absolute atomic E-state index is 0.106. The van der Waals surface area contributed by atoms with E-state index in [1.54, 1.807) is 18.3 Å². The highest BCUT2D eigenvalue weighted by atomic mass is 35.5. The van der Waals surface area contributed by atoms with E-state index >= 15 is 0 Å². The van der Waals surface area contributed by atoms with Gasteiger partial charge in [-0.25, -0.2) is 0 Å². The second-order valence-corrected chi connectivity index (χ2v) is 5.10. The van der Waals surface area contributed by atoms with E-state index < -0.39 is 0 Å². The third kappa shape index (κ3) is 3.25. The molecule has 0 bridgehead atoms. The highest BCUT2D eigenvalue weighted by molar-refractivity contribution is 6.33. The molecule has 0 N–H and O–H groups in total. The molecule has 0 spiro atoms. The van der Waals surface area contributed by atoms with E-state index in [-0.39, 0.29) is 12.2 Å². The van der Waals surface area contributed by atoms with Crippen molar-refractivity contribution >= 4 is 17.4 Å². The van der Waals surface area contributed by atoms with Gasteiger partial charge in [0.05, 0.1) is 23.2 Å². The van der Waals surface area contributed by atoms with Gasteiger partial charge in [0.1, 0.15) is 5.69 Å². The van der Waals surface area contributed by atoms with Gasteiger partial charge in [-0.3, -0.25) is 14.5 Å². The first-order valence-corrected chi connectivity index (χ1v) is 7.21. The Morgan fingerprint density at radius 3 is 2.75 bits per heavy atom. The molecule has 0 saturated carbocycles. The Kier molecular flexibility index (Phi) is 4.90. The van der Waals surface area contributed by atoms with Gasteiger partial charge in [0, 0.05) is 12.4 Å². The van der Waals surface area contributed by atoms with E-state index in [0.29, 0.717) is 16.8 Å². The minimum atomic E-state index is -0.106. The quantitative estimate of drug-likeness (QED) is 0.762. The zero-order chi connectivity index (χ0) is 14.5. The van der Waals surface area contributed by atoms with Gasteiger partial charge in [-0.05, 0) is 31.0 Å². The second kappa shape index (κ2) is 6.66. The van der Waals surface area contributed by atoms with E-state index in [9.17, 15) is 4.79 Å². The largest absolute Gasteiger partial charge is 0.292 e. The van der Waals surface area contributed by atoms with Crippen molar-refractivity contribution in [2.75, 3.05) is 0 Å². The van der Waals surface area contributed by atoms with Crippen molar-refractivity contribution in [2.45, 2.75) is 39.2 Å². The normalized spacial score (nSPS) is 11.0. The van der Waals surface area contributed by atoms with Crippen LogP contribution in [-0.4, -0.2) is 20.5 Å². The molecular formula is C15H18ClN3O. The number of carbonyl (C=O) groups is 1. The lowest BCUT2D eigenvalue weighted by Crippen LogP contribution is -2.10. The summed E-state index contributed by atoms with van der Waals surface area (Å²) in [5, 5.41) is 4.86. The van der Waals surface area contributed by atoms with Crippen molar-refractivity contribution in [1.29, 1.82) is 0 Å². The Morgan fingerprint density at radius 2 is 2.10 bits per heavy atom. The maximum absolute atomic E-state index is 12.2. The first kappa shape index (κ1) is 14.7. The number of carbonyl (C=O) groups excluding carboxylic acids is 1. The number of hydrogen-bond donors (Lipinski definition) is 0. The molecule has 2 aromatic rings. The maximum Gasteiger partial charge on any atom is 0.188 e. The molecule has 2 aromatic heterocycles. The summed E-state index contributed by atoms with van der Waals surface area (Å²) < 4.78 is 1.93. The van der Waals surface area contributed by atoms with Crippen LogP contribution in [0.4, 0.5) is 0 Å². The fourth-order valence-corrected chi connectivity index (χ4v) is 2.40. The van der Waals surface area contributed by atoms with Crippen molar-refractivity contribution in [3.63, 3.8) is 0 Å². The van der Waals surface area contributed by atoms with Crippen LogP contribution in [0.1, 0.15) is 48.9 Å². The summed E-state index contributed by atoms with van der Waals surface area (Å²) in [6.45, 7) is 4.27. The first-order valence-electron chi connectivity index (χ1n) is 6.83. The molecular weight excluding hydrogens is 274 g/mol. The summed E-state index contributed by atoms with van der Waals surface area (Å²) in [6, 6.07) is 5.65. The van der Waals surface area contributed by atoms with Gasteiger partial charge in [0.15, 0.2) is 5.78 Å². The molecule has 0 aliphatic heterocycles. The van der Waals surface area contributed by atoms with Crippen LogP contribution in [0.15, 0.2) is 30.6 Å². The van der Waals surface area contributed by atoms with Crippen LogP contribution in [-0.2, 0) is 6.42 Å². The highest BCUT2D eigenvalue weighted by Gasteiger charge is 2.15. The van der Waals surface area contributed by atoms with E-state index in [2.05, 4.69) is 23.9 Å². The lowest BCUT2D eigenvalue weighted by molar-refractivity contribution is 0.0987. The molecule has 0 atom stereocenters. The summed E-state index contributed by atoms with van der Waals surface area (Å²) in [7, 11) is 0. The van der Waals surface area contributed by atoms with Gasteiger partial charge in [-0.15, -0.1) is 0 Å². The number of rotatable bonds is 6. The van der Waals surface area contributed by atoms with E-state index in [1.807, 2.05) is 16.9 Å². The standard InChI is InChI=1S/C15H18ClN3O/c1-3-12(4-2)19-9-7-11(18-19)10-14(20)15-13(16)6-5-8-17-15/h5-9,12H,3-4,10H2,1-2H3. The maximum atomic E-state index is 12.2. The van der Waals surface area contributed by atoms with Gasteiger partial charge in [0.2, 0.25) is 0 Å². The molecule has 0 amide bonds. The first-order chi connectivity index (χ1) is 9.65. The Hall–Kier alpha value is -1.68. The van der Waals surface area contributed by atoms with Gasteiger partial charge in [-0.2, -0.15) is 5.10 Å². The molecule has 2 rings (SSSR count). The average molecular weight is 292 g/mol. The Balaban J connectivity index is 2.11. The molecule has 2 heterocycles. The van der Waals surface area contributed by atoms with Crippen molar-refractivity contribution in [3.8, 4) is 0 Å². The van der Waals surface area contributed by atoms with E-state index in [1.165, 1.54) is 0 Å². The second-order valence-electron chi connectivity index (χ2n) is 4.69. The van der Waals surface area contributed by atoms with Crippen LogP contribution in [0, 0.1) is 0 Å². The third-order valence-electron chi connectivity index (χ3n) is 3.34. The summed E-state index contributed by atoms with van der Waals surface area (Å²) in [5.41, 5.74) is 1.06. The molecule has 5 heteroatoms. The van der Waals surface area contributed by atoms with Crippen molar-refractivity contribution in [1.82, 2.24) is 14.8 Å². The smallest absolute Gasteiger partial charge is 0.188 e. The molecule has 0 radical (unpaired) electrons. The summed E-state index contributed by atoms with van der Waals surface area (Å²) >= 11 is 5.98. The van der Waals surface area contributed by atoms with Gasteiger partial charge in [-0.1, -0.05) is 25.4 Å². The molecule has 4 nitrogen and oxygen atoms in total. The SMILES string of the molecule is CCC(CC)n1ccc(CC(=O)c2ncccc2Cl)n1. The molecule has 0 aromatic carbocycles. The monoisotopic (exact) mass is 291 g/mol. The van der Waals surface area contributed by atoms with Crippen LogP contribution >= 0.6 is 11.6 Å². The van der Waals surface area contributed by atoms with Gasteiger partial charge < -0.3 is 0 Å². The van der Waals surface area contributed by atoms with Crippen molar-refractivity contribution in [3.05, 3.63) is 47.0 Å². The third-order valence-corrected chi connectivity index (χ3v) is 3.65. The summed E-state index contributed by atoms with van der Waals surface area (Å²) in [6.07, 6.45) is 5.78. The van der Waals surface area contributed by atoms with Crippen LogP contribution in [0.25, 0.3) is 0 Å².